The van der Waals surface area contributed by atoms with Gasteiger partial charge in [-0.3, -0.25) is 0 Å². The fraction of sp³-hybridized carbons (Fsp3) is 1.00. The van der Waals surface area contributed by atoms with Crippen molar-refractivity contribution in [3.8, 4) is 0 Å². The molecule has 2 rings (SSSR count). The lowest BCUT2D eigenvalue weighted by molar-refractivity contribution is 0.258. The largest absolute Gasteiger partial charge is 0.315 e. The summed E-state index contributed by atoms with van der Waals surface area (Å²) in [7, 11) is 0. The van der Waals surface area contributed by atoms with Crippen LogP contribution in [0, 0.1) is 5.92 Å². The predicted molar refractivity (Wildman–Crippen MR) is 138 cm³/mol. The van der Waals surface area contributed by atoms with Crippen LogP contribution in [0.3, 0.4) is 0 Å². The maximum Gasteiger partial charge on any atom is 0.0107 e. The zero-order chi connectivity index (χ0) is 22.4. The Balaban J connectivity index is 1.62. The number of nitrogens with one attached hydrogen (secondary N) is 7. The van der Waals surface area contributed by atoms with Gasteiger partial charge in [-0.25, -0.2) is 0 Å². The number of rotatable bonds is 5. The van der Waals surface area contributed by atoms with Gasteiger partial charge in [-0.2, -0.15) is 0 Å². The van der Waals surface area contributed by atoms with Crippen LogP contribution in [0.15, 0.2) is 0 Å². The highest BCUT2D eigenvalue weighted by atomic mass is 15.1. The van der Waals surface area contributed by atoms with Crippen molar-refractivity contribution in [1.29, 1.82) is 0 Å². The van der Waals surface area contributed by atoms with E-state index in [2.05, 4.69) is 42.1 Å². The van der Waals surface area contributed by atoms with Gasteiger partial charge in [-0.1, -0.05) is 6.42 Å². The maximum absolute atomic E-state index is 3.68. The standard InChI is InChI=1S/C24H54N8/c1(6-24-22-30-16-14-26-7-3-8-27-15-17-31-23-24)2-19-32-20-5-11-28-13-12-25-9-4-10-29-18-21-32/h24-31H,1-23H2. The molecule has 2 fully saturated rings. The fourth-order valence-electron chi connectivity index (χ4n) is 4.49. The molecular weight excluding hydrogens is 400 g/mol. The van der Waals surface area contributed by atoms with E-state index in [1.54, 1.807) is 0 Å². The number of hydrogen-bond acceptors (Lipinski definition) is 8. The summed E-state index contributed by atoms with van der Waals surface area (Å²) < 4.78 is 0. The topological polar surface area (TPSA) is 87.5 Å². The third-order valence-corrected chi connectivity index (χ3v) is 6.49. The highest BCUT2D eigenvalue weighted by molar-refractivity contribution is 4.69. The molecule has 0 unspecified atom stereocenters. The summed E-state index contributed by atoms with van der Waals surface area (Å²) in [5, 5.41) is 25.2. The molecule has 190 valence electrons. The molecule has 0 bridgehead atoms. The average molecular weight is 455 g/mol. The first-order chi connectivity index (χ1) is 15.9. The van der Waals surface area contributed by atoms with Crippen LogP contribution in [0.2, 0.25) is 0 Å². The van der Waals surface area contributed by atoms with Crippen LogP contribution in [0.1, 0.15) is 38.5 Å². The van der Waals surface area contributed by atoms with E-state index in [0.717, 1.165) is 97.5 Å². The van der Waals surface area contributed by atoms with E-state index in [-0.39, 0.29) is 0 Å². The van der Waals surface area contributed by atoms with Gasteiger partial charge in [-0.15, -0.1) is 0 Å². The van der Waals surface area contributed by atoms with Crippen molar-refractivity contribution >= 4 is 0 Å². The molecule has 7 N–H and O–H groups in total. The summed E-state index contributed by atoms with van der Waals surface area (Å²) >= 11 is 0. The van der Waals surface area contributed by atoms with Crippen molar-refractivity contribution in [3.05, 3.63) is 0 Å². The molecule has 0 saturated carbocycles. The van der Waals surface area contributed by atoms with Crippen LogP contribution < -0.4 is 37.2 Å². The lowest BCUT2D eigenvalue weighted by Crippen LogP contribution is -2.38. The Bertz CT molecular complexity index is 334. The molecular formula is C24H54N8. The van der Waals surface area contributed by atoms with Crippen LogP contribution in [-0.2, 0) is 0 Å². The summed E-state index contributed by atoms with van der Waals surface area (Å²) in [6, 6.07) is 0. The molecule has 0 aliphatic carbocycles. The van der Waals surface area contributed by atoms with Gasteiger partial charge in [0, 0.05) is 52.4 Å². The van der Waals surface area contributed by atoms with Gasteiger partial charge < -0.3 is 42.1 Å². The van der Waals surface area contributed by atoms with E-state index in [1.165, 1.54) is 58.2 Å². The fourth-order valence-corrected chi connectivity index (χ4v) is 4.49. The summed E-state index contributed by atoms with van der Waals surface area (Å²) in [6.45, 7) is 19.1. The molecule has 0 aromatic rings. The Hall–Kier alpha value is -0.320. The Kier molecular flexibility index (Phi) is 18.5. The molecule has 2 heterocycles. The van der Waals surface area contributed by atoms with Gasteiger partial charge >= 0.3 is 0 Å². The van der Waals surface area contributed by atoms with Crippen LogP contribution in [-0.4, -0.2) is 116 Å². The number of unbranched alkanes of at least 4 members (excludes halogenated alkanes) is 1. The molecule has 32 heavy (non-hydrogen) atoms. The van der Waals surface area contributed by atoms with Crippen molar-refractivity contribution in [2.24, 2.45) is 5.92 Å². The van der Waals surface area contributed by atoms with Gasteiger partial charge in [0.1, 0.15) is 0 Å². The molecule has 2 saturated heterocycles. The summed E-state index contributed by atoms with van der Waals surface area (Å²) in [4.78, 5) is 2.68. The number of nitrogens with zero attached hydrogens (tertiary/aromatic N) is 1. The van der Waals surface area contributed by atoms with Crippen molar-refractivity contribution in [1.82, 2.24) is 42.1 Å². The van der Waals surface area contributed by atoms with E-state index in [0.29, 0.717) is 0 Å². The molecule has 8 nitrogen and oxygen atoms in total. The molecule has 0 radical (unpaired) electrons. The van der Waals surface area contributed by atoms with E-state index in [1.807, 2.05) is 0 Å². The molecule has 0 amide bonds. The maximum atomic E-state index is 3.68. The Labute approximate surface area is 198 Å². The zero-order valence-electron chi connectivity index (χ0n) is 20.8. The molecule has 2 aliphatic heterocycles. The predicted octanol–water partition coefficient (Wildman–Crippen LogP) is -0.600. The van der Waals surface area contributed by atoms with Crippen molar-refractivity contribution < 1.29 is 0 Å². The lowest BCUT2D eigenvalue weighted by Gasteiger charge is -2.24. The van der Waals surface area contributed by atoms with E-state index < -0.39 is 0 Å². The van der Waals surface area contributed by atoms with Crippen LogP contribution in [0.25, 0.3) is 0 Å². The minimum Gasteiger partial charge on any atom is -0.315 e. The van der Waals surface area contributed by atoms with E-state index in [4.69, 9.17) is 0 Å². The highest BCUT2D eigenvalue weighted by Crippen LogP contribution is 2.08. The third kappa shape index (κ3) is 16.3. The second kappa shape index (κ2) is 21.2. The molecule has 2 aliphatic rings. The van der Waals surface area contributed by atoms with Gasteiger partial charge in [0.2, 0.25) is 0 Å². The van der Waals surface area contributed by atoms with Crippen molar-refractivity contribution in [2.45, 2.75) is 38.5 Å². The van der Waals surface area contributed by atoms with Crippen molar-refractivity contribution in [2.75, 3.05) is 111 Å². The average Bonchev–Trinajstić information content (AvgIpc) is 2.81. The van der Waals surface area contributed by atoms with E-state index in [9.17, 15) is 0 Å². The molecule has 0 aromatic carbocycles. The third-order valence-electron chi connectivity index (χ3n) is 6.49. The normalized spacial score (nSPS) is 24.4. The monoisotopic (exact) mass is 454 g/mol. The van der Waals surface area contributed by atoms with Gasteiger partial charge in [0.25, 0.3) is 0 Å². The first-order valence-corrected chi connectivity index (χ1v) is 13.6. The smallest absolute Gasteiger partial charge is 0.0107 e. The second-order valence-electron chi connectivity index (χ2n) is 9.42. The first kappa shape index (κ1) is 27.9. The zero-order valence-corrected chi connectivity index (χ0v) is 20.8. The molecule has 8 heteroatoms. The second-order valence-corrected chi connectivity index (χ2v) is 9.42. The quantitative estimate of drug-likeness (QED) is 0.277. The summed E-state index contributed by atoms with van der Waals surface area (Å²) in [5.41, 5.74) is 0. The molecule has 0 atom stereocenters. The number of hydrogen-bond donors (Lipinski definition) is 7. The Morgan fingerprint density at radius 3 is 1.56 bits per heavy atom. The molecule has 0 spiro atoms. The van der Waals surface area contributed by atoms with Crippen molar-refractivity contribution in [3.63, 3.8) is 0 Å². The minimum atomic E-state index is 0.733. The SMILES string of the molecule is C1CNCCNCC(CCCCN2CCCNCCNCCCNCC2)CNCCNC1. The summed E-state index contributed by atoms with van der Waals surface area (Å²) in [6.07, 6.45) is 7.65. The van der Waals surface area contributed by atoms with Gasteiger partial charge in [-0.05, 0) is 96.9 Å². The van der Waals surface area contributed by atoms with Gasteiger partial charge in [0.15, 0.2) is 0 Å². The Morgan fingerprint density at radius 2 is 0.969 bits per heavy atom. The van der Waals surface area contributed by atoms with Crippen LogP contribution >= 0.6 is 0 Å². The first-order valence-electron chi connectivity index (χ1n) is 13.6. The minimum absolute atomic E-state index is 0.733. The molecule has 0 aromatic heterocycles. The lowest BCUT2D eigenvalue weighted by atomic mass is 10.0. The van der Waals surface area contributed by atoms with Crippen LogP contribution in [0.4, 0.5) is 0 Å². The van der Waals surface area contributed by atoms with E-state index >= 15 is 0 Å². The van der Waals surface area contributed by atoms with Gasteiger partial charge in [0.05, 0.1) is 0 Å². The van der Waals surface area contributed by atoms with Crippen LogP contribution in [0.5, 0.6) is 0 Å². The Morgan fingerprint density at radius 1 is 0.469 bits per heavy atom. The highest BCUT2D eigenvalue weighted by Gasteiger charge is 2.10. The summed E-state index contributed by atoms with van der Waals surface area (Å²) in [5.74, 6) is 0.733.